The van der Waals surface area contributed by atoms with Gasteiger partial charge in [-0.2, -0.15) is 0 Å². The Morgan fingerprint density at radius 2 is 2.00 bits per heavy atom. The van der Waals surface area contributed by atoms with Crippen LogP contribution in [-0.4, -0.2) is 10.9 Å². The largest absolute Gasteiger partial charge is 0.399 e. The number of aromatic nitrogens is 1. The first-order chi connectivity index (χ1) is 8.08. The number of aryl methyl sites for hydroxylation is 2. The van der Waals surface area contributed by atoms with Gasteiger partial charge in [-0.05, 0) is 37.1 Å². The standard InChI is InChI=1S/C12H13N3OS/c1-7-3-9(13)4-8(2)11(7)15-12(16)10-5-14-6-17-10/h3-6H,13H2,1-2H3,(H,15,16). The summed E-state index contributed by atoms with van der Waals surface area (Å²) in [5.41, 5.74) is 10.8. The highest BCUT2D eigenvalue weighted by Gasteiger charge is 2.11. The molecule has 4 nitrogen and oxygen atoms in total. The van der Waals surface area contributed by atoms with Crippen molar-refractivity contribution in [3.63, 3.8) is 0 Å². The maximum absolute atomic E-state index is 11.9. The molecule has 0 atom stereocenters. The van der Waals surface area contributed by atoms with Crippen LogP contribution in [0.2, 0.25) is 0 Å². The van der Waals surface area contributed by atoms with Crippen molar-refractivity contribution in [2.75, 3.05) is 11.1 Å². The lowest BCUT2D eigenvalue weighted by molar-refractivity contribution is 0.103. The quantitative estimate of drug-likeness (QED) is 0.801. The molecular weight excluding hydrogens is 234 g/mol. The van der Waals surface area contributed by atoms with Crippen molar-refractivity contribution >= 4 is 28.6 Å². The zero-order chi connectivity index (χ0) is 12.4. The maximum Gasteiger partial charge on any atom is 0.267 e. The van der Waals surface area contributed by atoms with E-state index in [9.17, 15) is 4.79 Å². The molecule has 2 rings (SSSR count). The third-order valence-corrected chi connectivity index (χ3v) is 3.22. The van der Waals surface area contributed by atoms with Crippen LogP contribution >= 0.6 is 11.3 Å². The van der Waals surface area contributed by atoms with Gasteiger partial charge < -0.3 is 11.1 Å². The van der Waals surface area contributed by atoms with Crippen LogP contribution in [0.1, 0.15) is 20.8 Å². The molecule has 0 fully saturated rings. The molecule has 0 aliphatic heterocycles. The molecule has 0 bridgehead atoms. The number of rotatable bonds is 2. The van der Waals surface area contributed by atoms with E-state index in [-0.39, 0.29) is 5.91 Å². The number of thiazole rings is 1. The molecule has 3 N–H and O–H groups in total. The number of carbonyl (C=O) groups excluding carboxylic acids is 1. The Labute approximate surface area is 103 Å². The van der Waals surface area contributed by atoms with E-state index in [0.717, 1.165) is 16.8 Å². The van der Waals surface area contributed by atoms with Crippen molar-refractivity contribution in [3.05, 3.63) is 39.8 Å². The van der Waals surface area contributed by atoms with Crippen LogP contribution in [0.3, 0.4) is 0 Å². The summed E-state index contributed by atoms with van der Waals surface area (Å²) in [7, 11) is 0. The molecular formula is C12H13N3OS. The molecule has 0 saturated heterocycles. The number of anilines is 2. The van der Waals surface area contributed by atoms with Gasteiger partial charge >= 0.3 is 0 Å². The highest BCUT2D eigenvalue weighted by atomic mass is 32.1. The lowest BCUT2D eigenvalue weighted by atomic mass is 10.1. The average Bonchev–Trinajstić information content (AvgIpc) is 2.76. The molecule has 88 valence electrons. The summed E-state index contributed by atoms with van der Waals surface area (Å²) < 4.78 is 0. The Hall–Kier alpha value is -1.88. The number of hydrogen-bond donors (Lipinski definition) is 2. The fourth-order valence-corrected chi connectivity index (χ4v) is 2.21. The summed E-state index contributed by atoms with van der Waals surface area (Å²) >= 11 is 1.32. The maximum atomic E-state index is 11.9. The summed E-state index contributed by atoms with van der Waals surface area (Å²) in [6.45, 7) is 3.84. The molecule has 0 unspecified atom stereocenters. The van der Waals surface area contributed by atoms with Gasteiger partial charge in [0, 0.05) is 11.4 Å². The van der Waals surface area contributed by atoms with Gasteiger partial charge in [0.15, 0.2) is 0 Å². The van der Waals surface area contributed by atoms with Gasteiger partial charge in [-0.25, -0.2) is 0 Å². The summed E-state index contributed by atoms with van der Waals surface area (Å²) in [6.07, 6.45) is 1.56. The monoisotopic (exact) mass is 247 g/mol. The second-order valence-electron chi connectivity index (χ2n) is 3.85. The fraction of sp³-hybridized carbons (Fsp3) is 0.167. The number of hydrogen-bond acceptors (Lipinski definition) is 4. The minimum absolute atomic E-state index is 0.136. The first-order valence-electron chi connectivity index (χ1n) is 5.14. The van der Waals surface area contributed by atoms with Gasteiger partial charge in [-0.15, -0.1) is 11.3 Å². The first-order valence-corrected chi connectivity index (χ1v) is 6.02. The Bertz CT molecular complexity index is 526. The summed E-state index contributed by atoms with van der Waals surface area (Å²) in [5, 5.41) is 2.88. The zero-order valence-electron chi connectivity index (χ0n) is 9.65. The lowest BCUT2D eigenvalue weighted by Gasteiger charge is -2.11. The van der Waals surface area contributed by atoms with Crippen LogP contribution < -0.4 is 11.1 Å². The minimum Gasteiger partial charge on any atom is -0.399 e. The van der Waals surface area contributed by atoms with Gasteiger partial charge in [-0.3, -0.25) is 9.78 Å². The van der Waals surface area contributed by atoms with Crippen LogP contribution in [0.4, 0.5) is 11.4 Å². The van der Waals surface area contributed by atoms with Crippen LogP contribution in [0.15, 0.2) is 23.8 Å². The molecule has 0 aliphatic carbocycles. The number of benzene rings is 1. The Morgan fingerprint density at radius 1 is 1.35 bits per heavy atom. The molecule has 1 aromatic carbocycles. The van der Waals surface area contributed by atoms with E-state index in [0.29, 0.717) is 10.6 Å². The fourth-order valence-electron chi connectivity index (χ4n) is 1.70. The second kappa shape index (κ2) is 4.55. The Kier molecular flexibility index (Phi) is 3.10. The summed E-state index contributed by atoms with van der Waals surface area (Å²) in [4.78, 5) is 16.4. The number of carbonyl (C=O) groups is 1. The number of nitrogens with two attached hydrogens (primary N) is 1. The third-order valence-electron chi connectivity index (χ3n) is 2.45. The van der Waals surface area contributed by atoms with E-state index in [1.165, 1.54) is 11.3 Å². The molecule has 2 aromatic rings. The van der Waals surface area contributed by atoms with Gasteiger partial charge in [0.25, 0.3) is 5.91 Å². The molecule has 0 spiro atoms. The number of nitrogen functional groups attached to an aromatic ring is 1. The number of nitrogens with one attached hydrogen (secondary N) is 1. The van der Waals surface area contributed by atoms with Gasteiger partial charge in [0.1, 0.15) is 4.88 Å². The molecule has 1 heterocycles. The van der Waals surface area contributed by atoms with Crippen molar-refractivity contribution in [1.29, 1.82) is 0 Å². The van der Waals surface area contributed by atoms with Crippen molar-refractivity contribution < 1.29 is 4.79 Å². The molecule has 0 radical (unpaired) electrons. The predicted molar refractivity (Wildman–Crippen MR) is 70.4 cm³/mol. The van der Waals surface area contributed by atoms with E-state index in [4.69, 9.17) is 5.73 Å². The van der Waals surface area contributed by atoms with Crippen LogP contribution in [0, 0.1) is 13.8 Å². The smallest absolute Gasteiger partial charge is 0.267 e. The molecule has 1 amide bonds. The summed E-state index contributed by atoms with van der Waals surface area (Å²) in [5.74, 6) is -0.136. The first kappa shape index (κ1) is 11.6. The Balaban J connectivity index is 2.28. The van der Waals surface area contributed by atoms with E-state index in [1.54, 1.807) is 11.7 Å². The predicted octanol–water partition coefficient (Wildman–Crippen LogP) is 2.59. The van der Waals surface area contributed by atoms with E-state index in [2.05, 4.69) is 10.3 Å². The van der Waals surface area contributed by atoms with Crippen LogP contribution in [0.25, 0.3) is 0 Å². The van der Waals surface area contributed by atoms with Crippen molar-refractivity contribution in [3.8, 4) is 0 Å². The highest BCUT2D eigenvalue weighted by molar-refractivity contribution is 7.11. The minimum atomic E-state index is -0.136. The Morgan fingerprint density at radius 3 is 2.53 bits per heavy atom. The number of nitrogens with zero attached hydrogens (tertiary/aromatic N) is 1. The average molecular weight is 247 g/mol. The topological polar surface area (TPSA) is 68.0 Å². The van der Waals surface area contributed by atoms with Crippen molar-refractivity contribution in [1.82, 2.24) is 4.98 Å². The molecule has 0 saturated carbocycles. The second-order valence-corrected chi connectivity index (χ2v) is 4.74. The van der Waals surface area contributed by atoms with Crippen molar-refractivity contribution in [2.45, 2.75) is 13.8 Å². The highest BCUT2D eigenvalue weighted by Crippen LogP contribution is 2.24. The zero-order valence-corrected chi connectivity index (χ0v) is 10.5. The van der Waals surface area contributed by atoms with E-state index < -0.39 is 0 Å². The van der Waals surface area contributed by atoms with Crippen LogP contribution in [-0.2, 0) is 0 Å². The third kappa shape index (κ3) is 2.45. The summed E-state index contributed by atoms with van der Waals surface area (Å²) in [6, 6.07) is 3.69. The number of amides is 1. The molecule has 5 heteroatoms. The molecule has 0 aliphatic rings. The van der Waals surface area contributed by atoms with Gasteiger partial charge in [0.2, 0.25) is 0 Å². The molecule has 1 aromatic heterocycles. The lowest BCUT2D eigenvalue weighted by Crippen LogP contribution is -2.12. The van der Waals surface area contributed by atoms with Gasteiger partial charge in [0.05, 0.1) is 11.7 Å². The van der Waals surface area contributed by atoms with E-state index >= 15 is 0 Å². The normalized spacial score (nSPS) is 10.2. The van der Waals surface area contributed by atoms with Crippen LogP contribution in [0.5, 0.6) is 0 Å². The van der Waals surface area contributed by atoms with E-state index in [1.807, 2.05) is 26.0 Å². The SMILES string of the molecule is Cc1cc(N)cc(C)c1NC(=O)c1cncs1. The van der Waals surface area contributed by atoms with Crippen molar-refractivity contribution in [2.24, 2.45) is 0 Å². The van der Waals surface area contributed by atoms with Gasteiger partial charge in [-0.1, -0.05) is 0 Å². The molecule has 17 heavy (non-hydrogen) atoms.